The van der Waals surface area contributed by atoms with E-state index in [1.165, 1.54) is 0 Å². The number of hydrogen-bond acceptors (Lipinski definition) is 9. The van der Waals surface area contributed by atoms with Gasteiger partial charge in [-0.15, -0.1) is 11.3 Å². The molecule has 0 atom stereocenters. The molecule has 1 spiro atoms. The lowest BCUT2D eigenvalue weighted by Gasteiger charge is -2.48. The zero-order chi connectivity index (χ0) is 24.8. The second-order valence-corrected chi connectivity index (χ2v) is 11.1. The fourth-order valence-corrected chi connectivity index (χ4v) is 6.93. The number of hydrogen-bond donors (Lipinski definition) is 1. The predicted octanol–water partition coefficient (Wildman–Crippen LogP) is 3.81. The number of rotatable bonds is 2. The highest BCUT2D eigenvalue weighted by Gasteiger charge is 2.47. The molecule has 2 N–H and O–H groups in total. The molecule has 3 aromatic heterocycles. The Kier molecular flexibility index (Phi) is 4.55. The number of nitriles is 1. The largest absolute Gasteiger partial charge is 0.389 e. The SMILES string of the molecule is CN1CCC2(C1)CN(c1ncc3c4c(c(-c5ncc(F)c6sc(N)c(C#N)c56)c(F)c3n1)COC4)C2. The molecular weight excluding hydrogens is 484 g/mol. The van der Waals surface area contributed by atoms with Crippen molar-refractivity contribution in [1.82, 2.24) is 19.9 Å². The first-order valence-corrected chi connectivity index (χ1v) is 12.5. The van der Waals surface area contributed by atoms with Crippen LogP contribution in [0, 0.1) is 28.4 Å². The summed E-state index contributed by atoms with van der Waals surface area (Å²) in [5.74, 6) is -0.696. The van der Waals surface area contributed by atoms with Crippen molar-refractivity contribution < 1.29 is 13.5 Å². The van der Waals surface area contributed by atoms with Crippen LogP contribution in [0.4, 0.5) is 19.7 Å². The molecule has 4 aromatic rings. The number of halogens is 2. The first-order chi connectivity index (χ1) is 17.4. The van der Waals surface area contributed by atoms with Gasteiger partial charge in [-0.05, 0) is 31.1 Å². The van der Waals surface area contributed by atoms with E-state index in [-0.39, 0.29) is 56.1 Å². The lowest BCUT2D eigenvalue weighted by molar-refractivity contribution is 0.135. The van der Waals surface area contributed by atoms with Crippen LogP contribution in [-0.4, -0.2) is 53.1 Å². The van der Waals surface area contributed by atoms with E-state index in [0.29, 0.717) is 16.9 Å². The van der Waals surface area contributed by atoms with Crippen LogP contribution in [0.15, 0.2) is 12.4 Å². The summed E-state index contributed by atoms with van der Waals surface area (Å²) in [6.07, 6.45) is 3.85. The summed E-state index contributed by atoms with van der Waals surface area (Å²) in [5, 5.41) is 10.7. The Bertz CT molecular complexity index is 1640. The van der Waals surface area contributed by atoms with Gasteiger partial charge in [-0.3, -0.25) is 4.98 Å². The highest BCUT2D eigenvalue weighted by molar-refractivity contribution is 7.23. The predicted molar refractivity (Wildman–Crippen MR) is 132 cm³/mol. The van der Waals surface area contributed by atoms with Crippen LogP contribution in [0.5, 0.6) is 0 Å². The Labute approximate surface area is 208 Å². The molecule has 0 radical (unpaired) electrons. The first kappa shape index (κ1) is 21.8. The van der Waals surface area contributed by atoms with Crippen molar-refractivity contribution in [2.45, 2.75) is 19.6 Å². The number of nitrogens with zero attached hydrogens (tertiary/aromatic N) is 6. The molecule has 0 aliphatic carbocycles. The van der Waals surface area contributed by atoms with E-state index in [1.807, 2.05) is 6.07 Å². The molecule has 6 heterocycles. The minimum Gasteiger partial charge on any atom is -0.389 e. The number of ether oxygens (including phenoxy) is 1. The zero-order valence-electron chi connectivity index (χ0n) is 19.4. The van der Waals surface area contributed by atoms with Crippen LogP contribution < -0.4 is 10.6 Å². The van der Waals surface area contributed by atoms with Crippen LogP contribution in [0.25, 0.3) is 32.2 Å². The molecule has 2 fully saturated rings. The summed E-state index contributed by atoms with van der Waals surface area (Å²) in [6, 6.07) is 2.04. The fraction of sp³-hybridized carbons (Fsp3) is 0.360. The summed E-state index contributed by atoms with van der Waals surface area (Å²) in [7, 11) is 2.13. The summed E-state index contributed by atoms with van der Waals surface area (Å²) in [4.78, 5) is 17.9. The molecule has 0 bridgehead atoms. The summed E-state index contributed by atoms with van der Waals surface area (Å²) >= 11 is 0.959. The van der Waals surface area contributed by atoms with Gasteiger partial charge in [0.25, 0.3) is 0 Å². The van der Waals surface area contributed by atoms with Gasteiger partial charge in [0, 0.05) is 47.6 Å². The average molecular weight is 506 g/mol. The van der Waals surface area contributed by atoms with Gasteiger partial charge < -0.3 is 20.3 Å². The van der Waals surface area contributed by atoms with Crippen molar-refractivity contribution in [2.24, 2.45) is 5.41 Å². The normalized spacial score (nSPS) is 18.8. The van der Waals surface area contributed by atoms with Crippen molar-refractivity contribution in [2.75, 3.05) is 43.9 Å². The van der Waals surface area contributed by atoms with Crippen molar-refractivity contribution in [1.29, 1.82) is 5.26 Å². The molecule has 1 aromatic carbocycles. The monoisotopic (exact) mass is 505 g/mol. The molecule has 3 aliphatic heterocycles. The van der Waals surface area contributed by atoms with Gasteiger partial charge in [0.05, 0.1) is 35.4 Å². The highest BCUT2D eigenvalue weighted by atomic mass is 32.1. The molecule has 2 saturated heterocycles. The lowest BCUT2D eigenvalue weighted by Crippen LogP contribution is -2.58. The molecule has 11 heteroatoms. The van der Waals surface area contributed by atoms with Gasteiger partial charge in [0.2, 0.25) is 5.95 Å². The third-order valence-corrected chi connectivity index (χ3v) is 8.72. The van der Waals surface area contributed by atoms with E-state index in [1.54, 1.807) is 6.20 Å². The van der Waals surface area contributed by atoms with Gasteiger partial charge >= 0.3 is 0 Å². The Balaban J connectivity index is 1.42. The van der Waals surface area contributed by atoms with E-state index < -0.39 is 11.6 Å². The van der Waals surface area contributed by atoms with Gasteiger partial charge in [0.15, 0.2) is 11.6 Å². The van der Waals surface area contributed by atoms with E-state index in [0.717, 1.165) is 55.7 Å². The zero-order valence-corrected chi connectivity index (χ0v) is 20.3. The number of nitrogens with two attached hydrogens (primary N) is 1. The molecule has 0 saturated carbocycles. The molecular formula is C25H21F2N7OS. The van der Waals surface area contributed by atoms with Crippen molar-refractivity contribution in [3.05, 3.63) is 40.7 Å². The Morgan fingerprint density at radius 3 is 2.72 bits per heavy atom. The van der Waals surface area contributed by atoms with E-state index in [2.05, 4.69) is 31.8 Å². The molecule has 0 amide bonds. The van der Waals surface area contributed by atoms with Crippen LogP contribution >= 0.6 is 11.3 Å². The van der Waals surface area contributed by atoms with E-state index in [4.69, 9.17) is 10.5 Å². The number of anilines is 2. The lowest BCUT2D eigenvalue weighted by atomic mass is 9.79. The third kappa shape index (κ3) is 2.92. The van der Waals surface area contributed by atoms with Crippen LogP contribution in [0.2, 0.25) is 0 Å². The van der Waals surface area contributed by atoms with Gasteiger partial charge in [0.1, 0.15) is 16.6 Å². The van der Waals surface area contributed by atoms with Gasteiger partial charge in [-0.2, -0.15) is 5.26 Å². The number of aromatic nitrogens is 3. The number of nitrogen functional groups attached to an aromatic ring is 1. The van der Waals surface area contributed by atoms with Crippen molar-refractivity contribution in [3.63, 3.8) is 0 Å². The van der Waals surface area contributed by atoms with Crippen LogP contribution in [0.3, 0.4) is 0 Å². The quantitative estimate of drug-likeness (QED) is 0.439. The number of likely N-dealkylation sites (tertiary alicyclic amines) is 1. The van der Waals surface area contributed by atoms with Crippen molar-refractivity contribution in [3.8, 4) is 17.3 Å². The maximum absolute atomic E-state index is 16.4. The number of pyridine rings is 1. The smallest absolute Gasteiger partial charge is 0.226 e. The van der Waals surface area contributed by atoms with E-state index >= 15 is 4.39 Å². The highest BCUT2D eigenvalue weighted by Crippen LogP contribution is 2.46. The molecule has 182 valence electrons. The number of fused-ring (bicyclic) bond motifs is 4. The Morgan fingerprint density at radius 2 is 1.97 bits per heavy atom. The Morgan fingerprint density at radius 1 is 1.17 bits per heavy atom. The first-order valence-electron chi connectivity index (χ1n) is 11.7. The van der Waals surface area contributed by atoms with Crippen molar-refractivity contribution >= 4 is 43.3 Å². The topological polar surface area (TPSA) is 104 Å². The maximum atomic E-state index is 16.4. The third-order valence-electron chi connectivity index (χ3n) is 7.70. The van der Waals surface area contributed by atoms with Crippen LogP contribution in [-0.2, 0) is 18.0 Å². The molecule has 3 aliphatic rings. The van der Waals surface area contributed by atoms with Gasteiger partial charge in [-0.25, -0.2) is 18.7 Å². The maximum Gasteiger partial charge on any atom is 0.226 e. The standard InChI is InChI=1S/C25H21F2N7OS/c1-33-3-2-25(9-33)10-34(11-25)24-31-5-13-14-7-35-8-15(14)17(19(27)20(13)32-24)21-18-12(4-28)23(29)36-22(18)16(26)6-30-21/h5-6H,2-3,7-11,29H2,1H3. The summed E-state index contributed by atoms with van der Waals surface area (Å²) < 4.78 is 36.9. The minimum atomic E-state index is -0.602. The molecule has 0 unspecified atom stereocenters. The average Bonchev–Trinajstić information content (AvgIpc) is 3.56. The second kappa shape index (κ2) is 7.52. The van der Waals surface area contributed by atoms with Gasteiger partial charge in [-0.1, -0.05) is 0 Å². The van der Waals surface area contributed by atoms with Crippen LogP contribution in [0.1, 0.15) is 23.1 Å². The number of benzene rings is 1. The molecule has 8 nitrogen and oxygen atoms in total. The fourth-order valence-electron chi connectivity index (χ4n) is 6.01. The molecule has 36 heavy (non-hydrogen) atoms. The summed E-state index contributed by atoms with van der Waals surface area (Å²) in [6.45, 7) is 4.24. The molecule has 7 rings (SSSR count). The second-order valence-electron chi connectivity index (χ2n) is 10.0. The van der Waals surface area contributed by atoms with E-state index in [9.17, 15) is 9.65 Å². The summed E-state index contributed by atoms with van der Waals surface area (Å²) in [5.41, 5.74) is 8.27. The Hall–Kier alpha value is -3.46. The number of thiophene rings is 1. The minimum absolute atomic E-state index is 0.0972.